The van der Waals surface area contributed by atoms with E-state index in [1.807, 2.05) is 29.3 Å². The Balaban J connectivity index is 1.35. The predicted octanol–water partition coefficient (Wildman–Crippen LogP) is 3.47. The molecule has 4 rings (SSSR count). The number of piperidine rings is 2. The van der Waals surface area contributed by atoms with Gasteiger partial charge in [0.2, 0.25) is 5.91 Å². The van der Waals surface area contributed by atoms with E-state index in [9.17, 15) is 4.79 Å². The highest BCUT2D eigenvalue weighted by atomic mass is 16.5. The van der Waals surface area contributed by atoms with Gasteiger partial charge in [0.05, 0.1) is 25.8 Å². The number of carbonyl (C=O) groups is 1. The second-order valence-corrected chi connectivity index (χ2v) is 8.21. The Labute approximate surface area is 172 Å². The maximum atomic E-state index is 12.8. The van der Waals surface area contributed by atoms with Gasteiger partial charge in [-0.05, 0) is 56.5 Å². The molecule has 2 fully saturated rings. The number of nitrogens with zero attached hydrogens (tertiary/aromatic N) is 3. The normalized spacial score (nSPS) is 20.6. The second kappa shape index (κ2) is 9.44. The average molecular weight is 398 g/mol. The maximum Gasteiger partial charge on any atom is 0.236 e. The topological polar surface area (TPSA) is 58.8 Å². The minimum absolute atomic E-state index is 0.188. The SMILES string of the molecule is COc1cccc(Cc2cnc([C@H]3CCCN(C(=O)CN4CCCCC4)C3)o2)c1. The molecule has 0 aliphatic carbocycles. The Bertz CT molecular complexity index is 813. The fraction of sp³-hybridized carbons (Fsp3) is 0.565. The molecule has 1 aromatic carbocycles. The summed E-state index contributed by atoms with van der Waals surface area (Å²) >= 11 is 0. The van der Waals surface area contributed by atoms with Crippen LogP contribution in [0.3, 0.4) is 0 Å². The minimum Gasteiger partial charge on any atom is -0.497 e. The molecule has 29 heavy (non-hydrogen) atoms. The quantitative estimate of drug-likeness (QED) is 0.747. The van der Waals surface area contributed by atoms with E-state index in [0.717, 1.165) is 55.4 Å². The number of hydrogen-bond donors (Lipinski definition) is 0. The summed E-state index contributed by atoms with van der Waals surface area (Å²) in [6.45, 7) is 4.22. The van der Waals surface area contributed by atoms with Crippen molar-refractivity contribution in [3.63, 3.8) is 0 Å². The first kappa shape index (κ1) is 20.0. The Morgan fingerprint density at radius 2 is 2.07 bits per heavy atom. The van der Waals surface area contributed by atoms with Crippen molar-refractivity contribution >= 4 is 5.91 Å². The van der Waals surface area contributed by atoms with Gasteiger partial charge in [-0.3, -0.25) is 9.69 Å². The number of likely N-dealkylation sites (tertiary alicyclic amines) is 2. The van der Waals surface area contributed by atoms with Crippen molar-refractivity contribution < 1.29 is 13.9 Å². The van der Waals surface area contributed by atoms with Gasteiger partial charge >= 0.3 is 0 Å². The molecular weight excluding hydrogens is 366 g/mol. The van der Waals surface area contributed by atoms with E-state index in [0.29, 0.717) is 19.5 Å². The molecule has 1 atom stereocenters. The van der Waals surface area contributed by atoms with Crippen molar-refractivity contribution in [3.8, 4) is 5.75 Å². The van der Waals surface area contributed by atoms with Gasteiger partial charge in [0, 0.05) is 19.5 Å². The third-order valence-electron chi connectivity index (χ3n) is 6.01. The summed E-state index contributed by atoms with van der Waals surface area (Å²) in [4.78, 5) is 21.6. The van der Waals surface area contributed by atoms with Crippen LogP contribution in [0.25, 0.3) is 0 Å². The van der Waals surface area contributed by atoms with Crippen LogP contribution in [-0.4, -0.2) is 60.5 Å². The molecule has 3 heterocycles. The van der Waals surface area contributed by atoms with Crippen LogP contribution in [0.2, 0.25) is 0 Å². The van der Waals surface area contributed by atoms with E-state index in [4.69, 9.17) is 9.15 Å². The number of oxazole rings is 1. The molecule has 0 unspecified atom stereocenters. The molecule has 2 saturated heterocycles. The summed E-state index contributed by atoms with van der Waals surface area (Å²) in [6, 6.07) is 8.00. The zero-order valence-electron chi connectivity index (χ0n) is 17.3. The van der Waals surface area contributed by atoms with Gasteiger partial charge in [-0.2, -0.15) is 0 Å². The molecule has 2 aromatic rings. The molecule has 2 aliphatic heterocycles. The Hall–Kier alpha value is -2.34. The van der Waals surface area contributed by atoms with Gasteiger partial charge < -0.3 is 14.1 Å². The van der Waals surface area contributed by atoms with Gasteiger partial charge in [0.25, 0.3) is 0 Å². The molecule has 0 saturated carbocycles. The van der Waals surface area contributed by atoms with Crippen LogP contribution in [0, 0.1) is 0 Å². The third-order valence-corrected chi connectivity index (χ3v) is 6.01. The summed E-state index contributed by atoms with van der Waals surface area (Å²) in [5.41, 5.74) is 1.13. The Kier molecular flexibility index (Phi) is 6.49. The van der Waals surface area contributed by atoms with Gasteiger partial charge in [-0.25, -0.2) is 4.98 Å². The lowest BCUT2D eigenvalue weighted by Crippen LogP contribution is -2.45. The molecular formula is C23H31N3O3. The lowest BCUT2D eigenvalue weighted by molar-refractivity contribution is -0.134. The standard InChI is InChI=1S/C23H31N3O3/c1-28-20-9-5-7-18(13-20)14-21-15-24-23(29-21)19-8-6-12-26(16-19)22(27)17-25-10-3-2-4-11-25/h5,7,9,13,15,19H,2-4,6,8,10-12,14,16-17H2,1H3/t19-/m0/s1. The van der Waals surface area contributed by atoms with E-state index in [-0.39, 0.29) is 11.8 Å². The van der Waals surface area contributed by atoms with Gasteiger partial charge in [-0.15, -0.1) is 0 Å². The average Bonchev–Trinajstić information content (AvgIpc) is 3.23. The van der Waals surface area contributed by atoms with Crippen LogP contribution < -0.4 is 4.74 Å². The fourth-order valence-electron chi connectivity index (χ4n) is 4.39. The minimum atomic E-state index is 0.188. The monoisotopic (exact) mass is 397 g/mol. The summed E-state index contributed by atoms with van der Waals surface area (Å²) < 4.78 is 11.4. The number of hydrogen-bond acceptors (Lipinski definition) is 5. The van der Waals surface area contributed by atoms with Crippen LogP contribution in [0.15, 0.2) is 34.9 Å². The Morgan fingerprint density at radius 3 is 2.90 bits per heavy atom. The van der Waals surface area contributed by atoms with Crippen molar-refractivity contribution in [1.82, 2.24) is 14.8 Å². The first-order valence-corrected chi connectivity index (χ1v) is 10.8. The molecule has 0 bridgehead atoms. The van der Waals surface area contributed by atoms with Gasteiger partial charge in [0.1, 0.15) is 11.5 Å². The highest BCUT2D eigenvalue weighted by Crippen LogP contribution is 2.28. The first-order valence-electron chi connectivity index (χ1n) is 10.8. The number of rotatable bonds is 6. The predicted molar refractivity (Wildman–Crippen MR) is 111 cm³/mol. The van der Waals surface area contributed by atoms with Crippen molar-refractivity contribution in [2.24, 2.45) is 0 Å². The smallest absolute Gasteiger partial charge is 0.236 e. The largest absolute Gasteiger partial charge is 0.497 e. The number of aromatic nitrogens is 1. The Morgan fingerprint density at radius 1 is 1.21 bits per heavy atom. The molecule has 0 spiro atoms. The molecule has 6 heteroatoms. The van der Waals surface area contributed by atoms with Crippen molar-refractivity contribution in [2.45, 2.75) is 44.4 Å². The van der Waals surface area contributed by atoms with Crippen LogP contribution in [0.4, 0.5) is 0 Å². The number of amides is 1. The van der Waals surface area contributed by atoms with Crippen LogP contribution >= 0.6 is 0 Å². The highest BCUT2D eigenvalue weighted by Gasteiger charge is 2.28. The lowest BCUT2D eigenvalue weighted by atomic mass is 9.98. The molecule has 2 aliphatic rings. The van der Waals surface area contributed by atoms with E-state index in [1.165, 1.54) is 19.3 Å². The molecule has 6 nitrogen and oxygen atoms in total. The van der Waals surface area contributed by atoms with Crippen molar-refractivity contribution in [1.29, 1.82) is 0 Å². The van der Waals surface area contributed by atoms with Gasteiger partial charge in [-0.1, -0.05) is 18.6 Å². The van der Waals surface area contributed by atoms with E-state index >= 15 is 0 Å². The number of carbonyl (C=O) groups excluding carboxylic acids is 1. The van der Waals surface area contributed by atoms with E-state index in [1.54, 1.807) is 7.11 Å². The third kappa shape index (κ3) is 5.18. The van der Waals surface area contributed by atoms with Crippen LogP contribution in [0.1, 0.15) is 55.2 Å². The van der Waals surface area contributed by atoms with Crippen molar-refractivity contribution in [2.75, 3.05) is 39.8 Å². The molecule has 1 amide bonds. The number of methoxy groups -OCH3 is 1. The fourth-order valence-corrected chi connectivity index (χ4v) is 4.39. The van der Waals surface area contributed by atoms with E-state index in [2.05, 4.69) is 16.0 Å². The lowest BCUT2D eigenvalue weighted by Gasteiger charge is -2.34. The summed E-state index contributed by atoms with van der Waals surface area (Å²) in [5, 5.41) is 0. The summed E-state index contributed by atoms with van der Waals surface area (Å²) in [6.07, 6.45) is 8.25. The van der Waals surface area contributed by atoms with Crippen molar-refractivity contribution in [3.05, 3.63) is 47.7 Å². The zero-order valence-corrected chi connectivity index (χ0v) is 17.3. The van der Waals surface area contributed by atoms with Crippen LogP contribution in [0.5, 0.6) is 5.75 Å². The van der Waals surface area contributed by atoms with E-state index < -0.39 is 0 Å². The first-order chi connectivity index (χ1) is 14.2. The second-order valence-electron chi connectivity index (χ2n) is 8.21. The summed E-state index contributed by atoms with van der Waals surface area (Å²) in [7, 11) is 1.67. The number of benzene rings is 1. The molecule has 156 valence electrons. The molecule has 1 aromatic heterocycles. The summed E-state index contributed by atoms with van der Waals surface area (Å²) in [5.74, 6) is 2.90. The maximum absolute atomic E-state index is 12.8. The zero-order chi connectivity index (χ0) is 20.1. The van der Waals surface area contributed by atoms with Crippen LogP contribution in [-0.2, 0) is 11.2 Å². The van der Waals surface area contributed by atoms with Gasteiger partial charge in [0.15, 0.2) is 5.89 Å². The number of ether oxygens (including phenoxy) is 1. The molecule has 0 radical (unpaired) electrons. The molecule has 0 N–H and O–H groups in total. The highest BCUT2D eigenvalue weighted by molar-refractivity contribution is 5.78.